The van der Waals surface area contributed by atoms with E-state index in [1.807, 2.05) is 86.3 Å². The quantitative estimate of drug-likeness (QED) is 0.00960. The van der Waals surface area contributed by atoms with Crippen LogP contribution in [0, 0.1) is 39.7 Å². The van der Waals surface area contributed by atoms with Crippen molar-refractivity contribution in [3.05, 3.63) is 163 Å². The van der Waals surface area contributed by atoms with Crippen LogP contribution in [-0.4, -0.2) is 186 Å². The van der Waals surface area contributed by atoms with Gasteiger partial charge in [0, 0.05) is 134 Å². The number of rotatable bonds is 29. The Labute approximate surface area is 652 Å². The maximum Gasteiger partial charge on any atom is 0.293 e. The maximum absolute atomic E-state index is 14.8. The van der Waals surface area contributed by atoms with Gasteiger partial charge >= 0.3 is 0 Å². The van der Waals surface area contributed by atoms with E-state index in [1.165, 1.54) is 39.0 Å². The van der Waals surface area contributed by atoms with Crippen molar-refractivity contribution in [3.63, 3.8) is 0 Å². The molecule has 5 aliphatic rings. The van der Waals surface area contributed by atoms with Gasteiger partial charge in [-0.15, -0.1) is 23.1 Å². The highest BCUT2D eigenvalue weighted by Crippen LogP contribution is 2.44. The first-order chi connectivity index (χ1) is 51.8. The second-order valence-corrected chi connectivity index (χ2v) is 35.8. The minimum atomic E-state index is -4.78. The number of piperazine rings is 2. The molecule has 2 aliphatic carbocycles. The standard InChI is InChI=1S/C82H101ClFN11O11S3/c1-55-73(108-54-86-55)59-21-22-60(50-85-76(99)69-47-64(96)52-94(69)77(100)74(79(2,3)4)87-78(101)82(84)33-34-82)70(46-59)106-44-15-10-9-14-20-72(97)93-42-36-90(37-43-93)35-16-17-58-45-67(88-81(7,8)53-107-65-18-12-11-13-19-65)68(95(102)103)48-71(58)109(104,105)89-75(98)57-25-29-63(30-26-57)92-40-38-91(39-41-92)51-61-49-80(5,6)32-31-66(61)56-23-27-62(83)28-24-56/h11-13,18-19,21-30,45-46,48,54,64,69,74,88,96H,9-10,14-15,20,31-44,47,49-53H2,1-8H3,(H,85,99)(H,87,101)(H,89,98)/t64-,69+,74-/m1/s1. The lowest BCUT2D eigenvalue weighted by Crippen LogP contribution is -2.59. The van der Waals surface area contributed by atoms with E-state index in [2.05, 4.69) is 78.2 Å². The number of benzene rings is 5. The summed E-state index contributed by atoms with van der Waals surface area (Å²) in [7, 11) is -4.78. The van der Waals surface area contributed by atoms with Crippen molar-refractivity contribution in [1.82, 2.24) is 39.9 Å². The summed E-state index contributed by atoms with van der Waals surface area (Å²) in [5.74, 6) is 4.38. The minimum absolute atomic E-state index is 0.0122. The summed E-state index contributed by atoms with van der Waals surface area (Å²) in [6, 6.07) is 30.5. The molecule has 3 atom stereocenters. The summed E-state index contributed by atoms with van der Waals surface area (Å²) < 4.78 is 52.5. The maximum atomic E-state index is 14.8. The summed E-state index contributed by atoms with van der Waals surface area (Å²) >= 11 is 9.32. The van der Waals surface area contributed by atoms with Crippen LogP contribution in [0.3, 0.4) is 0 Å². The number of hydrogen-bond donors (Lipinski definition) is 5. The van der Waals surface area contributed by atoms with Gasteiger partial charge in [0.05, 0.1) is 40.3 Å². The molecule has 5 amide bonds. The molecule has 27 heteroatoms. The fourth-order valence-electron chi connectivity index (χ4n) is 14.4. The number of nitro benzene ring substituents is 1. The predicted octanol–water partition coefficient (Wildman–Crippen LogP) is 12.7. The van der Waals surface area contributed by atoms with Crippen molar-refractivity contribution in [2.75, 3.05) is 94.6 Å². The minimum Gasteiger partial charge on any atom is -0.493 e. The monoisotopic (exact) mass is 1570 g/mol. The number of halogens is 2. The number of alkyl halides is 1. The van der Waals surface area contributed by atoms with E-state index in [0.29, 0.717) is 69.1 Å². The molecule has 0 unspecified atom stereocenters. The Morgan fingerprint density at radius 3 is 2.22 bits per heavy atom. The molecule has 4 fully saturated rings. The number of nitro groups is 1. The van der Waals surface area contributed by atoms with Crippen LogP contribution in [-0.2, 0) is 35.7 Å². The number of sulfonamides is 1. The number of amides is 5. The van der Waals surface area contributed by atoms with Crippen molar-refractivity contribution in [2.24, 2.45) is 10.8 Å². The second kappa shape index (κ2) is 35.3. The summed E-state index contributed by atoms with van der Waals surface area (Å²) in [6.45, 7) is 22.1. The van der Waals surface area contributed by atoms with Gasteiger partial charge in [-0.1, -0.05) is 119 Å². The van der Waals surface area contributed by atoms with Crippen LogP contribution in [0.1, 0.15) is 152 Å². The number of thiazole rings is 1. The molecule has 0 spiro atoms. The van der Waals surface area contributed by atoms with Crippen LogP contribution in [0.25, 0.3) is 16.0 Å². The Balaban J connectivity index is 0.675. The van der Waals surface area contributed by atoms with E-state index < -0.39 is 84.0 Å². The largest absolute Gasteiger partial charge is 0.493 e. The number of likely N-dealkylation sites (tertiary alicyclic amines) is 1. The smallest absolute Gasteiger partial charge is 0.293 e. The predicted molar refractivity (Wildman–Crippen MR) is 427 cm³/mol. The lowest BCUT2D eigenvalue weighted by molar-refractivity contribution is -0.384. The number of ether oxygens (including phenoxy) is 1. The molecule has 5 N–H and O–H groups in total. The van der Waals surface area contributed by atoms with Gasteiger partial charge in [0.2, 0.25) is 17.7 Å². The zero-order valence-electron chi connectivity index (χ0n) is 63.5. The van der Waals surface area contributed by atoms with Crippen molar-refractivity contribution < 1.29 is 51.5 Å². The molecule has 1 saturated carbocycles. The highest BCUT2D eigenvalue weighted by Gasteiger charge is 2.53. The molecule has 0 bridgehead atoms. The normalized spacial score (nSPS) is 18.5. The molecule has 1 aromatic heterocycles. The van der Waals surface area contributed by atoms with E-state index >= 15 is 0 Å². The lowest BCUT2D eigenvalue weighted by atomic mass is 9.73. The number of aryl methyl sites for hydroxylation is 1. The molecule has 6 aromatic rings. The Morgan fingerprint density at radius 1 is 0.862 bits per heavy atom. The van der Waals surface area contributed by atoms with Gasteiger partial charge < -0.3 is 40.5 Å². The van der Waals surface area contributed by atoms with Gasteiger partial charge in [-0.05, 0) is 154 Å². The average Bonchev–Trinajstić information content (AvgIpc) is 1.77. The number of anilines is 2. The first kappa shape index (κ1) is 81.6. The fourth-order valence-corrected chi connectivity index (χ4v) is 17.4. The number of carbonyl (C=O) groups is 5. The molecule has 582 valence electrons. The number of thioether (sulfide) groups is 1. The first-order valence-corrected chi connectivity index (χ1v) is 41.3. The molecule has 3 saturated heterocycles. The Morgan fingerprint density at radius 2 is 1.55 bits per heavy atom. The number of nitrogens with one attached hydrogen (secondary N) is 4. The molecule has 4 heterocycles. The average molecular weight is 1570 g/mol. The number of aromatic nitrogens is 1. The molecule has 109 heavy (non-hydrogen) atoms. The number of aliphatic hydroxyl groups is 1. The topological polar surface area (TPSA) is 269 Å². The third-order valence-corrected chi connectivity index (χ3v) is 25.0. The molecule has 3 aliphatic heterocycles. The van der Waals surface area contributed by atoms with E-state index in [4.69, 9.17) is 16.3 Å². The third kappa shape index (κ3) is 21.6. The summed E-state index contributed by atoms with van der Waals surface area (Å²) in [6.07, 6.45) is 5.58. The molecule has 0 radical (unpaired) electrons. The first-order valence-electron chi connectivity index (χ1n) is 37.6. The van der Waals surface area contributed by atoms with Crippen LogP contribution in [0.5, 0.6) is 5.75 Å². The molecular weight excluding hydrogens is 1470 g/mol. The van der Waals surface area contributed by atoms with Gasteiger partial charge in [0.15, 0.2) is 5.67 Å². The van der Waals surface area contributed by atoms with Gasteiger partial charge in [0.1, 0.15) is 28.4 Å². The Kier molecular flexibility index (Phi) is 26.4. The summed E-state index contributed by atoms with van der Waals surface area (Å²) in [5.41, 5.74) is 5.44. The Bertz CT molecular complexity index is 4500. The number of β-amino-alcohol motifs (C(OH)–C–C–N with tert-alkyl or cyclic N) is 1. The van der Waals surface area contributed by atoms with Crippen LogP contribution in [0.4, 0.5) is 21.5 Å². The van der Waals surface area contributed by atoms with Crippen molar-refractivity contribution >= 4 is 96.9 Å². The second-order valence-electron chi connectivity index (χ2n) is 31.8. The fraction of sp³-hybridized carbons (Fsp3) is 0.488. The number of unbranched alkanes of at least 4 members (excludes halogenated alkanes) is 3. The lowest BCUT2D eigenvalue weighted by Gasteiger charge is -2.39. The zero-order valence-corrected chi connectivity index (χ0v) is 66.7. The molecular formula is C82H101ClFN11O11S3. The number of allylic oxidation sites excluding steroid dienone is 1. The van der Waals surface area contributed by atoms with E-state index in [-0.39, 0.29) is 67.0 Å². The number of carbonyl (C=O) groups excluding carboxylic acids is 5. The highest BCUT2D eigenvalue weighted by molar-refractivity contribution is 7.99. The zero-order chi connectivity index (χ0) is 78.0. The number of nitrogens with zero attached hydrogens (tertiary/aromatic N) is 7. The van der Waals surface area contributed by atoms with Gasteiger partial charge in [0.25, 0.3) is 27.5 Å². The Hall–Kier alpha value is -8.42. The van der Waals surface area contributed by atoms with Crippen molar-refractivity contribution in [2.45, 2.75) is 172 Å². The van der Waals surface area contributed by atoms with E-state index in [1.54, 1.807) is 62.3 Å². The van der Waals surface area contributed by atoms with E-state index in [0.717, 1.165) is 103 Å². The van der Waals surface area contributed by atoms with Crippen LogP contribution >= 0.6 is 34.7 Å². The van der Waals surface area contributed by atoms with Crippen molar-refractivity contribution in [1.29, 1.82) is 0 Å². The number of aliphatic hydroxyl groups excluding tert-OH is 1. The SMILES string of the molecule is Cc1ncsc1-c1ccc(CNC(=O)[C@@H]2C[C@@H](O)CN2C(=O)[C@@H](NC(=O)C2(F)CC2)C(C)(C)C)c(OCCCCCCC(=O)N2CCN(CC#Cc3cc(NC(C)(C)CSc4ccccc4)c([N+](=O)[O-])cc3S(=O)(=O)NC(=O)c3ccc(N4CCN(CC5=C(c6ccc(Cl)cc6)CCC(C)(C)C5)CC4)cc3)CC2)c1. The van der Waals surface area contributed by atoms with Gasteiger partial charge in [-0.25, -0.2) is 22.5 Å². The highest BCUT2D eigenvalue weighted by atomic mass is 35.5. The molecule has 22 nitrogen and oxygen atoms in total. The van der Waals surface area contributed by atoms with Gasteiger partial charge in [-0.3, -0.25) is 43.9 Å². The molecule has 5 aromatic carbocycles. The summed E-state index contributed by atoms with van der Waals surface area (Å²) in [5, 5.41) is 33.2. The third-order valence-electron chi connectivity index (χ3n) is 20.9. The van der Waals surface area contributed by atoms with Gasteiger partial charge in [-0.2, -0.15) is 0 Å². The van der Waals surface area contributed by atoms with Crippen LogP contribution in [0.2, 0.25) is 5.02 Å². The van der Waals surface area contributed by atoms with Crippen LogP contribution < -0.4 is 30.3 Å². The summed E-state index contributed by atoms with van der Waals surface area (Å²) in [4.78, 5) is 96.5. The number of hydrogen-bond acceptors (Lipinski definition) is 18. The van der Waals surface area contributed by atoms with Crippen molar-refractivity contribution in [3.8, 4) is 28.0 Å². The molecule has 11 rings (SSSR count). The van der Waals surface area contributed by atoms with Crippen LogP contribution in [0.15, 0.2) is 130 Å². The van der Waals surface area contributed by atoms with E-state index in [9.17, 15) is 52.0 Å².